The summed E-state index contributed by atoms with van der Waals surface area (Å²) in [6.07, 6.45) is -6.31. The maximum absolute atomic E-state index is 13.7. The number of rotatable bonds is 2. The van der Waals surface area contributed by atoms with Gasteiger partial charge in [0, 0.05) is 28.1 Å². The molecule has 0 fully saturated rings. The largest absolute Gasteiger partial charge is 0.417 e. The fourth-order valence-electron chi connectivity index (χ4n) is 4.32. The van der Waals surface area contributed by atoms with E-state index >= 15 is 0 Å². The Balaban J connectivity index is 1.61. The first-order valence-electron chi connectivity index (χ1n) is 10.9. The number of hydrogen-bond acceptors (Lipinski definition) is 5. The molecule has 5 nitrogen and oxygen atoms in total. The number of alkyl halides is 6. The van der Waals surface area contributed by atoms with Crippen molar-refractivity contribution in [3.8, 4) is 11.4 Å². The van der Waals surface area contributed by atoms with Crippen molar-refractivity contribution < 1.29 is 26.3 Å². The van der Waals surface area contributed by atoms with Crippen LogP contribution in [0.5, 0.6) is 0 Å². The number of aromatic nitrogens is 2. The number of fused-ring (bicyclic) bond motifs is 2. The summed E-state index contributed by atoms with van der Waals surface area (Å²) >= 11 is 0. The van der Waals surface area contributed by atoms with E-state index in [0.717, 1.165) is 36.6 Å². The van der Waals surface area contributed by atoms with Crippen LogP contribution in [0.1, 0.15) is 40.8 Å². The van der Waals surface area contributed by atoms with Gasteiger partial charge >= 0.3 is 12.4 Å². The van der Waals surface area contributed by atoms with Gasteiger partial charge in [0.2, 0.25) is 0 Å². The predicted octanol–water partition coefficient (Wildman–Crippen LogP) is 6.30. The number of nitrogens with zero attached hydrogens (tertiary/aromatic N) is 3. The first-order chi connectivity index (χ1) is 16.6. The highest BCUT2D eigenvalue weighted by Gasteiger charge is 2.35. The lowest BCUT2D eigenvalue weighted by Crippen LogP contribution is -2.25. The number of nitrogens with one attached hydrogen (secondary N) is 2. The van der Waals surface area contributed by atoms with E-state index in [9.17, 15) is 26.3 Å². The summed E-state index contributed by atoms with van der Waals surface area (Å²) in [6.45, 7) is 0.123. The van der Waals surface area contributed by atoms with Crippen molar-refractivity contribution in [2.75, 3.05) is 17.3 Å². The number of amidine groups is 1. The Hall–Kier alpha value is -3.63. The van der Waals surface area contributed by atoms with Crippen molar-refractivity contribution in [2.45, 2.75) is 38.0 Å². The smallest absolute Gasteiger partial charge is 0.366 e. The first-order valence-corrected chi connectivity index (χ1v) is 10.9. The topological polar surface area (TPSA) is 62.2 Å². The van der Waals surface area contributed by atoms with Crippen LogP contribution < -0.4 is 10.6 Å². The molecule has 0 atom stereocenters. The SMILES string of the molecule is FC(F)(F)c1ccc2c(c1)C(Nc1nc(-c3ccccc3C(F)(F)F)nc3c1CCCC3)=NCN2. The standard InChI is InChI=1S/C24H19F6N5/c25-23(26,27)13-9-10-18-16(11-13)20(32-12-31-18)34-22-15-6-2-4-8-19(15)33-21(35-22)14-5-1-3-7-17(14)24(28,29)30/h1,3,5,7,9-11,31H,2,4,6,8,12H2,(H,32,33,34,35). The number of anilines is 2. The highest BCUT2D eigenvalue weighted by atomic mass is 19.4. The van der Waals surface area contributed by atoms with Crippen LogP contribution in [0.3, 0.4) is 0 Å². The van der Waals surface area contributed by atoms with Gasteiger partial charge in [-0.05, 0) is 49.9 Å². The van der Waals surface area contributed by atoms with Gasteiger partial charge in [0.05, 0.1) is 11.1 Å². The van der Waals surface area contributed by atoms with E-state index in [1.54, 1.807) is 0 Å². The van der Waals surface area contributed by atoms with E-state index in [1.807, 2.05) is 0 Å². The lowest BCUT2D eigenvalue weighted by Gasteiger charge is -2.24. The second-order valence-corrected chi connectivity index (χ2v) is 8.30. The third-order valence-electron chi connectivity index (χ3n) is 6.00. The molecular weight excluding hydrogens is 472 g/mol. The zero-order valence-corrected chi connectivity index (χ0v) is 18.2. The Bertz CT molecular complexity index is 1310. The van der Waals surface area contributed by atoms with E-state index in [4.69, 9.17) is 0 Å². The number of halogens is 6. The van der Waals surface area contributed by atoms with Gasteiger partial charge in [0.25, 0.3) is 0 Å². The number of aryl methyl sites for hydroxylation is 1. The van der Waals surface area contributed by atoms with Crippen molar-refractivity contribution in [1.82, 2.24) is 9.97 Å². The Morgan fingerprint density at radius 1 is 0.829 bits per heavy atom. The Morgan fingerprint density at radius 2 is 1.60 bits per heavy atom. The molecule has 1 aromatic heterocycles. The first kappa shape index (κ1) is 23.1. The van der Waals surface area contributed by atoms with Crippen LogP contribution in [-0.4, -0.2) is 22.5 Å². The summed E-state index contributed by atoms with van der Waals surface area (Å²) in [4.78, 5) is 13.2. The van der Waals surface area contributed by atoms with Gasteiger partial charge in [0.15, 0.2) is 5.82 Å². The molecule has 2 N–H and O–H groups in total. The maximum atomic E-state index is 13.7. The van der Waals surface area contributed by atoms with Crippen molar-refractivity contribution in [3.05, 3.63) is 70.4 Å². The van der Waals surface area contributed by atoms with Crippen LogP contribution in [0.15, 0.2) is 47.5 Å². The molecule has 0 radical (unpaired) electrons. The molecule has 2 aromatic carbocycles. The zero-order valence-electron chi connectivity index (χ0n) is 18.2. The van der Waals surface area contributed by atoms with Crippen LogP contribution in [0.2, 0.25) is 0 Å². The molecule has 3 aromatic rings. The van der Waals surface area contributed by atoms with Gasteiger partial charge < -0.3 is 10.6 Å². The van der Waals surface area contributed by atoms with Gasteiger partial charge in [0.1, 0.15) is 18.3 Å². The van der Waals surface area contributed by atoms with Gasteiger partial charge in [-0.3, -0.25) is 0 Å². The molecule has 0 bridgehead atoms. The van der Waals surface area contributed by atoms with E-state index in [-0.39, 0.29) is 35.3 Å². The highest BCUT2D eigenvalue weighted by Crippen LogP contribution is 2.38. The summed E-state index contributed by atoms with van der Waals surface area (Å²) < 4.78 is 80.9. The van der Waals surface area contributed by atoms with Crippen molar-refractivity contribution in [1.29, 1.82) is 0 Å². The third-order valence-corrected chi connectivity index (χ3v) is 6.00. The highest BCUT2D eigenvalue weighted by molar-refractivity contribution is 6.12. The molecule has 2 heterocycles. The summed E-state index contributed by atoms with van der Waals surface area (Å²) in [5, 5.41) is 5.95. The molecule has 0 unspecified atom stereocenters. The minimum Gasteiger partial charge on any atom is -0.366 e. The summed E-state index contributed by atoms with van der Waals surface area (Å²) in [7, 11) is 0. The van der Waals surface area contributed by atoms with Crippen molar-refractivity contribution in [2.24, 2.45) is 4.99 Å². The predicted molar refractivity (Wildman–Crippen MR) is 119 cm³/mol. The molecule has 0 saturated carbocycles. The van der Waals surface area contributed by atoms with Crippen molar-refractivity contribution >= 4 is 17.3 Å². The van der Waals surface area contributed by atoms with E-state index < -0.39 is 23.5 Å². The number of benzene rings is 2. The molecule has 0 saturated heterocycles. The molecular formula is C24H19F6N5. The van der Waals surface area contributed by atoms with Gasteiger partial charge in [-0.25, -0.2) is 15.0 Å². The fraction of sp³-hybridized carbons (Fsp3) is 0.292. The zero-order chi connectivity index (χ0) is 24.8. The second kappa shape index (κ2) is 8.54. The van der Waals surface area contributed by atoms with Gasteiger partial charge in [-0.15, -0.1) is 0 Å². The second-order valence-electron chi connectivity index (χ2n) is 8.30. The van der Waals surface area contributed by atoms with Crippen LogP contribution in [0, 0.1) is 0 Å². The molecule has 2 aliphatic rings. The van der Waals surface area contributed by atoms with Gasteiger partial charge in [-0.1, -0.05) is 18.2 Å². The molecule has 11 heteroatoms. The lowest BCUT2D eigenvalue weighted by atomic mass is 9.95. The van der Waals surface area contributed by atoms with E-state index in [2.05, 4.69) is 25.6 Å². The maximum Gasteiger partial charge on any atom is 0.417 e. The molecule has 5 rings (SSSR count). The van der Waals surface area contributed by atoms with Crippen molar-refractivity contribution in [3.63, 3.8) is 0 Å². The van der Waals surface area contributed by atoms with E-state index in [0.29, 0.717) is 24.2 Å². The van der Waals surface area contributed by atoms with Gasteiger partial charge in [-0.2, -0.15) is 26.3 Å². The summed E-state index contributed by atoms with van der Waals surface area (Å²) in [6, 6.07) is 8.35. The summed E-state index contributed by atoms with van der Waals surface area (Å²) in [5.41, 5.74) is 0.162. The minimum atomic E-state index is -4.60. The summed E-state index contributed by atoms with van der Waals surface area (Å²) in [5.74, 6) is 0.317. The number of aliphatic imine (C=N–C) groups is 1. The monoisotopic (exact) mass is 491 g/mol. The fourth-order valence-corrected chi connectivity index (χ4v) is 4.32. The molecule has 0 spiro atoms. The Kier molecular flexibility index (Phi) is 5.65. The van der Waals surface area contributed by atoms with E-state index in [1.165, 1.54) is 24.3 Å². The molecule has 0 amide bonds. The van der Waals surface area contributed by atoms with Crippen LogP contribution in [-0.2, 0) is 25.2 Å². The quantitative estimate of drug-likeness (QED) is 0.413. The van der Waals surface area contributed by atoms with Crippen LogP contribution >= 0.6 is 0 Å². The lowest BCUT2D eigenvalue weighted by molar-refractivity contribution is -0.138. The Labute approximate surface area is 196 Å². The molecule has 1 aliphatic heterocycles. The molecule has 1 aliphatic carbocycles. The minimum absolute atomic E-state index is 0.0973. The average Bonchev–Trinajstić information content (AvgIpc) is 2.83. The Morgan fingerprint density at radius 3 is 2.37 bits per heavy atom. The van der Waals surface area contributed by atoms with Crippen LogP contribution in [0.25, 0.3) is 11.4 Å². The molecule has 182 valence electrons. The average molecular weight is 491 g/mol. The normalized spacial score (nSPS) is 15.5. The van der Waals surface area contributed by atoms with Crippen LogP contribution in [0.4, 0.5) is 37.8 Å². The number of hydrogen-bond donors (Lipinski definition) is 2. The molecule has 35 heavy (non-hydrogen) atoms. The third kappa shape index (κ3) is 4.54.